The fraction of sp³-hybridized carbons (Fsp3) is 0.222. The van der Waals surface area contributed by atoms with Crippen LogP contribution in [0.1, 0.15) is 11.1 Å². The topological polar surface area (TPSA) is 0 Å². The number of hydrogen-bond donors (Lipinski definition) is 0. The van der Waals surface area contributed by atoms with Crippen LogP contribution in [0, 0.1) is 19.7 Å². The minimum atomic E-state index is -0.172. The van der Waals surface area contributed by atoms with Crippen molar-refractivity contribution in [3.8, 4) is 0 Å². The Bertz CT molecular complexity index is 228. The van der Waals surface area contributed by atoms with E-state index in [2.05, 4.69) is 6.92 Å². The van der Waals surface area contributed by atoms with Crippen LogP contribution in [-0.4, -0.2) is 0 Å². The van der Waals surface area contributed by atoms with E-state index in [-0.39, 0.29) is 5.82 Å². The normalized spacial score (nSPS) is 9.90. The van der Waals surface area contributed by atoms with Crippen molar-refractivity contribution < 1.29 is 4.39 Å². The van der Waals surface area contributed by atoms with Crippen LogP contribution >= 0.6 is 0 Å². The van der Waals surface area contributed by atoms with Gasteiger partial charge in [0.1, 0.15) is 5.82 Å². The van der Waals surface area contributed by atoms with Crippen molar-refractivity contribution in [3.05, 3.63) is 42.1 Å². The Kier molecular flexibility index (Phi) is 2.05. The van der Waals surface area contributed by atoms with Gasteiger partial charge < -0.3 is 0 Å². The minimum Gasteiger partial charge on any atom is -0.207 e. The number of hydrogen-bond acceptors (Lipinski definition) is 0. The highest BCUT2D eigenvalue weighted by molar-refractivity contribution is 5.26. The van der Waals surface area contributed by atoms with Crippen LogP contribution in [0.25, 0.3) is 0 Å². The van der Waals surface area contributed by atoms with E-state index < -0.39 is 0 Å². The maximum absolute atomic E-state index is 12.5. The molecule has 0 heterocycles. The molecule has 0 aliphatic carbocycles. The molecule has 0 atom stereocenters. The van der Waals surface area contributed by atoms with E-state index >= 15 is 0 Å². The van der Waals surface area contributed by atoms with Crippen LogP contribution in [0.2, 0.25) is 0 Å². The van der Waals surface area contributed by atoms with Gasteiger partial charge in [0.2, 0.25) is 0 Å². The van der Waals surface area contributed by atoms with Crippen LogP contribution in [-0.2, 0) is 6.42 Å². The highest BCUT2D eigenvalue weighted by atomic mass is 19.1. The quantitative estimate of drug-likeness (QED) is 0.558. The van der Waals surface area contributed by atoms with Crippen molar-refractivity contribution in [3.63, 3.8) is 0 Å². The van der Waals surface area contributed by atoms with Crippen LogP contribution in [0.4, 0.5) is 4.39 Å². The molecule has 1 aromatic carbocycles. The van der Waals surface area contributed by atoms with Crippen molar-refractivity contribution >= 4 is 0 Å². The Labute approximate surface area is 60.7 Å². The van der Waals surface area contributed by atoms with Crippen LogP contribution < -0.4 is 0 Å². The molecule has 0 aliphatic heterocycles. The Hall–Kier alpha value is -0.850. The van der Waals surface area contributed by atoms with E-state index in [9.17, 15) is 4.39 Å². The van der Waals surface area contributed by atoms with E-state index in [1.165, 1.54) is 12.1 Å². The van der Waals surface area contributed by atoms with Gasteiger partial charge in [0.15, 0.2) is 0 Å². The summed E-state index contributed by atoms with van der Waals surface area (Å²) in [5, 5.41) is 0. The van der Waals surface area contributed by atoms with Gasteiger partial charge in [-0.2, -0.15) is 0 Å². The molecule has 1 radical (unpaired) electrons. The van der Waals surface area contributed by atoms with Gasteiger partial charge in [0, 0.05) is 0 Å². The van der Waals surface area contributed by atoms with E-state index in [0.717, 1.165) is 17.5 Å². The first kappa shape index (κ1) is 7.26. The predicted octanol–water partition coefficient (Wildman–Crippen LogP) is 2.51. The lowest BCUT2D eigenvalue weighted by atomic mass is 10.1. The molecule has 0 aliphatic rings. The number of rotatable bonds is 1. The monoisotopic (exact) mass is 137 g/mol. The van der Waals surface area contributed by atoms with E-state index in [0.29, 0.717) is 0 Å². The largest absolute Gasteiger partial charge is 0.207 e. The van der Waals surface area contributed by atoms with Crippen molar-refractivity contribution in [1.82, 2.24) is 0 Å². The molecule has 0 saturated carbocycles. The molecule has 0 aromatic heterocycles. The number of benzene rings is 1. The van der Waals surface area contributed by atoms with Crippen molar-refractivity contribution in [1.29, 1.82) is 0 Å². The van der Waals surface area contributed by atoms with Crippen molar-refractivity contribution in [2.45, 2.75) is 13.3 Å². The Morgan fingerprint density at radius 2 is 2.20 bits per heavy atom. The first-order chi connectivity index (χ1) is 4.74. The summed E-state index contributed by atoms with van der Waals surface area (Å²) in [6.07, 6.45) is 0.728. The van der Waals surface area contributed by atoms with Gasteiger partial charge in [-0.1, -0.05) is 6.07 Å². The summed E-state index contributed by atoms with van der Waals surface area (Å²) in [5.74, 6) is -0.172. The van der Waals surface area contributed by atoms with Gasteiger partial charge in [-0.3, -0.25) is 0 Å². The lowest BCUT2D eigenvalue weighted by molar-refractivity contribution is 0.626. The Balaban J connectivity index is 3.07. The predicted molar refractivity (Wildman–Crippen MR) is 40.2 cm³/mol. The first-order valence-electron chi connectivity index (χ1n) is 3.28. The molecular weight excluding hydrogens is 127 g/mol. The third kappa shape index (κ3) is 1.35. The second kappa shape index (κ2) is 2.82. The molecular formula is C9H10F. The highest BCUT2D eigenvalue weighted by Crippen LogP contribution is 2.09. The maximum Gasteiger partial charge on any atom is 0.123 e. The molecule has 53 valence electrons. The van der Waals surface area contributed by atoms with Gasteiger partial charge >= 0.3 is 0 Å². The molecule has 1 aromatic rings. The summed E-state index contributed by atoms with van der Waals surface area (Å²) in [6, 6.07) is 4.77. The van der Waals surface area contributed by atoms with E-state index in [1.54, 1.807) is 6.07 Å². The van der Waals surface area contributed by atoms with E-state index in [1.807, 2.05) is 6.92 Å². The molecule has 0 unspecified atom stereocenters. The SMILES string of the molecule is [CH2]Cc1ccc(F)cc1C. The van der Waals surface area contributed by atoms with Gasteiger partial charge in [-0.05, 0) is 43.5 Å². The fourth-order valence-corrected chi connectivity index (χ4v) is 0.940. The van der Waals surface area contributed by atoms with Crippen LogP contribution in [0.5, 0.6) is 0 Å². The van der Waals surface area contributed by atoms with E-state index in [4.69, 9.17) is 0 Å². The van der Waals surface area contributed by atoms with Gasteiger partial charge in [0.25, 0.3) is 0 Å². The van der Waals surface area contributed by atoms with Crippen molar-refractivity contribution in [2.24, 2.45) is 0 Å². The Morgan fingerprint density at radius 1 is 1.50 bits per heavy atom. The molecule has 1 rings (SSSR count). The van der Waals surface area contributed by atoms with Gasteiger partial charge in [0.05, 0.1) is 0 Å². The third-order valence-electron chi connectivity index (χ3n) is 1.57. The molecule has 0 nitrogen and oxygen atoms in total. The molecule has 0 N–H and O–H groups in total. The number of aryl methyl sites for hydroxylation is 1. The minimum absolute atomic E-state index is 0.172. The second-order valence-electron chi connectivity index (χ2n) is 2.32. The number of halogens is 1. The molecule has 0 saturated heterocycles. The molecule has 0 spiro atoms. The fourth-order valence-electron chi connectivity index (χ4n) is 0.940. The lowest BCUT2D eigenvalue weighted by Gasteiger charge is -2.00. The average Bonchev–Trinajstić information content (AvgIpc) is 1.88. The molecule has 0 amide bonds. The standard InChI is InChI=1S/C9H10F/c1-3-8-4-5-9(10)6-7(8)2/h4-6H,1,3H2,2H3. The Morgan fingerprint density at radius 3 is 2.70 bits per heavy atom. The summed E-state index contributed by atoms with van der Waals surface area (Å²) in [5.41, 5.74) is 2.09. The second-order valence-corrected chi connectivity index (χ2v) is 2.32. The zero-order chi connectivity index (χ0) is 7.56. The van der Waals surface area contributed by atoms with Crippen LogP contribution in [0.3, 0.4) is 0 Å². The zero-order valence-corrected chi connectivity index (χ0v) is 6.02. The lowest BCUT2D eigenvalue weighted by Crippen LogP contribution is -1.86. The third-order valence-corrected chi connectivity index (χ3v) is 1.57. The van der Waals surface area contributed by atoms with Crippen molar-refractivity contribution in [2.75, 3.05) is 0 Å². The smallest absolute Gasteiger partial charge is 0.123 e. The molecule has 10 heavy (non-hydrogen) atoms. The summed E-state index contributed by atoms with van der Waals surface area (Å²) in [7, 11) is 0. The first-order valence-corrected chi connectivity index (χ1v) is 3.28. The summed E-state index contributed by atoms with van der Waals surface area (Å²) in [4.78, 5) is 0. The molecule has 0 bridgehead atoms. The molecule has 1 heteroatoms. The average molecular weight is 137 g/mol. The summed E-state index contributed by atoms with van der Waals surface area (Å²) < 4.78 is 12.5. The van der Waals surface area contributed by atoms with Gasteiger partial charge in [-0.15, -0.1) is 0 Å². The zero-order valence-electron chi connectivity index (χ0n) is 6.02. The maximum atomic E-state index is 12.5. The van der Waals surface area contributed by atoms with Gasteiger partial charge in [-0.25, -0.2) is 4.39 Å². The summed E-state index contributed by atoms with van der Waals surface area (Å²) in [6.45, 7) is 5.62. The van der Waals surface area contributed by atoms with Crippen LogP contribution in [0.15, 0.2) is 18.2 Å². The highest BCUT2D eigenvalue weighted by Gasteiger charge is 1.95. The molecule has 0 fully saturated rings. The summed E-state index contributed by atoms with van der Waals surface area (Å²) >= 11 is 0.